The Morgan fingerprint density at radius 1 is 1.43 bits per heavy atom. The lowest BCUT2D eigenvalue weighted by Gasteiger charge is -2.23. The zero-order valence-electron chi connectivity index (χ0n) is 7.90. The zero-order chi connectivity index (χ0) is 11.2. The third kappa shape index (κ3) is 6.07. The summed E-state index contributed by atoms with van der Waals surface area (Å²) >= 11 is 5.28. The summed E-state index contributed by atoms with van der Waals surface area (Å²) in [6.45, 7) is 0.656. The van der Waals surface area contributed by atoms with Crippen LogP contribution in [0.2, 0.25) is 0 Å². The summed E-state index contributed by atoms with van der Waals surface area (Å²) in [4.78, 5) is 11.9. The fourth-order valence-electron chi connectivity index (χ4n) is 1.02. The van der Waals surface area contributed by atoms with Gasteiger partial charge in [0.2, 0.25) is 5.91 Å². The van der Waals surface area contributed by atoms with Crippen LogP contribution in [0.5, 0.6) is 0 Å². The van der Waals surface area contributed by atoms with Gasteiger partial charge >= 0.3 is 6.18 Å². The van der Waals surface area contributed by atoms with Crippen molar-refractivity contribution in [1.82, 2.24) is 4.90 Å². The smallest absolute Gasteiger partial charge is 0.334 e. The summed E-state index contributed by atoms with van der Waals surface area (Å²) in [5.74, 6) is -0.490. The molecule has 2 nitrogen and oxygen atoms in total. The van der Waals surface area contributed by atoms with E-state index in [0.717, 1.165) is 4.90 Å². The van der Waals surface area contributed by atoms with Crippen molar-refractivity contribution in [3.63, 3.8) is 0 Å². The number of hydrogen-bond donors (Lipinski definition) is 0. The molecule has 0 aromatic heterocycles. The van der Waals surface area contributed by atoms with Crippen molar-refractivity contribution in [3.05, 3.63) is 0 Å². The van der Waals surface area contributed by atoms with Gasteiger partial charge < -0.3 is 4.90 Å². The highest BCUT2D eigenvalue weighted by atomic mass is 35.5. The first-order chi connectivity index (χ1) is 6.40. The number of carbonyl (C=O) groups is 1. The highest BCUT2D eigenvalue weighted by Gasteiger charge is 2.32. The van der Waals surface area contributed by atoms with E-state index in [-0.39, 0.29) is 18.8 Å². The van der Waals surface area contributed by atoms with Gasteiger partial charge in [-0.05, 0) is 6.42 Å². The number of hydrogen-bond acceptors (Lipinski definition) is 1. The summed E-state index contributed by atoms with van der Waals surface area (Å²) in [6.07, 6.45) is -3.88. The molecule has 0 aromatic carbocycles. The van der Waals surface area contributed by atoms with Crippen LogP contribution in [0.25, 0.3) is 0 Å². The predicted octanol–water partition coefficient (Wildman–Crippen LogP) is 2.42. The molecule has 0 aliphatic carbocycles. The molecule has 84 valence electrons. The molecule has 0 rings (SSSR count). The molecule has 0 spiro atoms. The molecule has 0 atom stereocenters. The Hall–Kier alpha value is -0.450. The summed E-state index contributed by atoms with van der Waals surface area (Å²) in [6, 6.07) is 0. The molecule has 14 heavy (non-hydrogen) atoms. The lowest BCUT2D eigenvalue weighted by molar-refractivity contribution is -0.161. The van der Waals surface area contributed by atoms with Crippen molar-refractivity contribution < 1.29 is 18.0 Å². The average molecular weight is 232 g/mol. The summed E-state index contributed by atoms with van der Waals surface area (Å²) in [7, 11) is 0. The maximum atomic E-state index is 12.0. The van der Waals surface area contributed by atoms with Crippen LogP contribution in [0.4, 0.5) is 13.2 Å². The lowest BCUT2D eigenvalue weighted by atomic mass is 10.3. The van der Waals surface area contributed by atoms with Crippen molar-refractivity contribution in [3.8, 4) is 0 Å². The Morgan fingerprint density at radius 3 is 2.36 bits per heavy atom. The van der Waals surface area contributed by atoms with Crippen LogP contribution in [0.15, 0.2) is 0 Å². The monoisotopic (exact) mass is 231 g/mol. The second-order valence-corrected chi connectivity index (χ2v) is 3.25. The van der Waals surface area contributed by atoms with E-state index in [9.17, 15) is 18.0 Å². The second-order valence-electron chi connectivity index (χ2n) is 2.87. The Balaban J connectivity index is 4.21. The van der Waals surface area contributed by atoms with Crippen molar-refractivity contribution >= 4 is 17.5 Å². The second kappa shape index (κ2) is 6.11. The molecule has 0 aromatic rings. The molecule has 0 aliphatic rings. The maximum Gasteiger partial charge on any atom is 0.406 e. The topological polar surface area (TPSA) is 20.3 Å². The Kier molecular flexibility index (Phi) is 5.92. The number of carbonyl (C=O) groups excluding carboxylic acids is 1. The van der Waals surface area contributed by atoms with Gasteiger partial charge in [-0.15, -0.1) is 11.6 Å². The summed E-state index contributed by atoms with van der Waals surface area (Å²) in [5.41, 5.74) is 0. The first-order valence-electron chi connectivity index (χ1n) is 4.31. The zero-order valence-corrected chi connectivity index (χ0v) is 8.66. The number of nitrogens with zero attached hydrogens (tertiary/aromatic N) is 1. The fourth-order valence-corrected chi connectivity index (χ4v) is 1.18. The van der Waals surface area contributed by atoms with Gasteiger partial charge in [0.1, 0.15) is 6.54 Å². The van der Waals surface area contributed by atoms with Gasteiger partial charge in [-0.25, -0.2) is 0 Å². The largest absolute Gasteiger partial charge is 0.406 e. The molecule has 0 fully saturated rings. The Labute approximate surface area is 86.0 Å². The number of alkyl halides is 4. The molecule has 0 aliphatic heterocycles. The van der Waals surface area contributed by atoms with E-state index in [2.05, 4.69) is 0 Å². The van der Waals surface area contributed by atoms with Crippen LogP contribution in [0.1, 0.15) is 19.8 Å². The van der Waals surface area contributed by atoms with Crippen molar-refractivity contribution in [1.29, 1.82) is 0 Å². The van der Waals surface area contributed by atoms with Gasteiger partial charge in [-0.3, -0.25) is 4.79 Å². The molecule has 0 bridgehead atoms. The van der Waals surface area contributed by atoms with E-state index in [1.54, 1.807) is 6.92 Å². The van der Waals surface area contributed by atoms with Crippen molar-refractivity contribution in [2.24, 2.45) is 0 Å². The average Bonchev–Trinajstić information content (AvgIpc) is 2.01. The molecular formula is C8H13ClF3NO. The highest BCUT2D eigenvalue weighted by molar-refractivity contribution is 6.18. The van der Waals surface area contributed by atoms with E-state index < -0.39 is 18.6 Å². The van der Waals surface area contributed by atoms with Crippen LogP contribution < -0.4 is 0 Å². The van der Waals surface area contributed by atoms with E-state index in [4.69, 9.17) is 11.6 Å². The molecule has 0 N–H and O–H groups in total. The molecule has 0 heterocycles. The summed E-state index contributed by atoms with van der Waals surface area (Å²) < 4.78 is 36.0. The fraction of sp³-hybridized carbons (Fsp3) is 0.875. The quantitative estimate of drug-likeness (QED) is 0.666. The molecule has 6 heteroatoms. The maximum absolute atomic E-state index is 12.0. The van der Waals surface area contributed by atoms with Gasteiger partial charge in [0.05, 0.1) is 0 Å². The molecule has 0 saturated carbocycles. The van der Waals surface area contributed by atoms with Crippen LogP contribution in [0.3, 0.4) is 0 Å². The van der Waals surface area contributed by atoms with Gasteiger partial charge in [-0.1, -0.05) is 6.92 Å². The third-order valence-corrected chi connectivity index (χ3v) is 1.71. The van der Waals surface area contributed by atoms with Gasteiger partial charge in [0.15, 0.2) is 0 Å². The van der Waals surface area contributed by atoms with E-state index >= 15 is 0 Å². The first kappa shape index (κ1) is 13.5. The minimum absolute atomic E-state index is 0.0440. The van der Waals surface area contributed by atoms with Gasteiger partial charge in [0, 0.05) is 18.8 Å². The van der Waals surface area contributed by atoms with Crippen LogP contribution in [-0.4, -0.2) is 36.0 Å². The van der Waals surface area contributed by atoms with Crippen LogP contribution >= 0.6 is 11.6 Å². The normalized spacial score (nSPS) is 11.5. The lowest BCUT2D eigenvalue weighted by Crippen LogP contribution is -2.39. The van der Waals surface area contributed by atoms with Crippen molar-refractivity contribution in [2.45, 2.75) is 25.9 Å². The minimum atomic E-state index is -4.34. The predicted molar refractivity (Wildman–Crippen MR) is 48.3 cm³/mol. The van der Waals surface area contributed by atoms with Crippen molar-refractivity contribution in [2.75, 3.05) is 19.0 Å². The van der Waals surface area contributed by atoms with E-state index in [1.165, 1.54) is 0 Å². The van der Waals surface area contributed by atoms with E-state index in [1.807, 2.05) is 0 Å². The Bertz CT molecular complexity index is 184. The van der Waals surface area contributed by atoms with Crippen LogP contribution in [-0.2, 0) is 4.79 Å². The third-order valence-electron chi connectivity index (χ3n) is 1.52. The SMILES string of the molecule is CCCN(CC(F)(F)F)C(=O)CCCl. The standard InChI is InChI=1S/C8H13ClF3NO/c1-2-5-13(6-8(10,11)12)7(14)3-4-9/h2-6H2,1H3. The number of rotatable bonds is 5. The van der Waals surface area contributed by atoms with Crippen LogP contribution in [0, 0.1) is 0 Å². The minimum Gasteiger partial charge on any atom is -0.334 e. The summed E-state index contributed by atoms with van der Waals surface area (Å²) in [5, 5.41) is 0. The Morgan fingerprint density at radius 2 is 2.00 bits per heavy atom. The molecule has 0 saturated heterocycles. The number of amides is 1. The molecule has 0 radical (unpaired) electrons. The van der Waals surface area contributed by atoms with E-state index in [0.29, 0.717) is 6.42 Å². The van der Waals surface area contributed by atoms with Gasteiger partial charge in [0.25, 0.3) is 0 Å². The molecule has 1 amide bonds. The molecule has 0 unspecified atom stereocenters. The first-order valence-corrected chi connectivity index (χ1v) is 4.84. The molecular weight excluding hydrogens is 219 g/mol. The van der Waals surface area contributed by atoms with Gasteiger partial charge in [-0.2, -0.15) is 13.2 Å². The number of halogens is 4. The highest BCUT2D eigenvalue weighted by Crippen LogP contribution is 2.17.